The van der Waals surface area contributed by atoms with E-state index in [4.69, 9.17) is 4.74 Å². The molecule has 0 radical (unpaired) electrons. The van der Waals surface area contributed by atoms with Crippen LogP contribution in [-0.2, 0) is 16.1 Å². The fourth-order valence-electron chi connectivity index (χ4n) is 3.28. The summed E-state index contributed by atoms with van der Waals surface area (Å²) in [5.41, 5.74) is 0.268. The van der Waals surface area contributed by atoms with Crippen LogP contribution in [0.25, 0.3) is 0 Å². The molecule has 1 aliphatic rings. The van der Waals surface area contributed by atoms with Gasteiger partial charge < -0.3 is 14.7 Å². The highest BCUT2D eigenvalue weighted by molar-refractivity contribution is 5.92. The van der Waals surface area contributed by atoms with Crippen LogP contribution in [0, 0.1) is 11.7 Å². The summed E-state index contributed by atoms with van der Waals surface area (Å²) in [4.78, 5) is 26.2. The number of rotatable bonds is 6. The molecule has 3 rings (SSSR count). The number of benzene rings is 1. The zero-order valence-corrected chi connectivity index (χ0v) is 15.6. The van der Waals surface area contributed by atoms with Crippen LogP contribution in [0.3, 0.4) is 0 Å². The van der Waals surface area contributed by atoms with E-state index in [1.165, 1.54) is 23.0 Å². The van der Waals surface area contributed by atoms with Gasteiger partial charge in [-0.05, 0) is 25.8 Å². The van der Waals surface area contributed by atoms with E-state index < -0.39 is 11.9 Å². The van der Waals surface area contributed by atoms with Gasteiger partial charge >= 0.3 is 5.97 Å². The fraction of sp³-hybridized carbons (Fsp3) is 0.474. The van der Waals surface area contributed by atoms with Crippen molar-refractivity contribution in [2.24, 2.45) is 5.92 Å². The molecule has 2 heterocycles. The maximum Gasteiger partial charge on any atom is 0.310 e. The second kappa shape index (κ2) is 8.92. The van der Waals surface area contributed by atoms with Crippen LogP contribution in [0.1, 0.15) is 41.9 Å². The molecule has 8 nitrogen and oxygen atoms in total. The minimum Gasteiger partial charge on any atom is -0.466 e. The first-order chi connectivity index (χ1) is 13.5. The number of aliphatic hydroxyl groups excluding tert-OH is 1. The number of amides is 1. The van der Waals surface area contributed by atoms with Crippen LogP contribution in [0.4, 0.5) is 4.39 Å². The Morgan fingerprint density at radius 2 is 2.18 bits per heavy atom. The number of nitrogens with zero attached hydrogens (tertiary/aromatic N) is 4. The van der Waals surface area contributed by atoms with E-state index in [1.807, 2.05) is 0 Å². The average molecular weight is 390 g/mol. The molecule has 1 aromatic carbocycles. The molecular weight excluding hydrogens is 367 g/mol. The monoisotopic (exact) mass is 390 g/mol. The molecule has 9 heteroatoms. The molecule has 1 N–H and O–H groups in total. The molecule has 1 saturated heterocycles. The molecule has 0 saturated carbocycles. The largest absolute Gasteiger partial charge is 0.466 e. The van der Waals surface area contributed by atoms with E-state index >= 15 is 0 Å². The summed E-state index contributed by atoms with van der Waals surface area (Å²) in [6.45, 7) is 2.83. The molecule has 2 atom stereocenters. The summed E-state index contributed by atoms with van der Waals surface area (Å²) in [7, 11) is 0. The Morgan fingerprint density at radius 1 is 1.39 bits per heavy atom. The first-order valence-electron chi connectivity index (χ1n) is 9.28. The summed E-state index contributed by atoms with van der Waals surface area (Å²) in [6.07, 6.45) is 1.69. The molecule has 28 heavy (non-hydrogen) atoms. The molecule has 0 aliphatic carbocycles. The molecule has 1 amide bonds. The zero-order valence-electron chi connectivity index (χ0n) is 15.6. The predicted molar refractivity (Wildman–Crippen MR) is 96.6 cm³/mol. The minimum absolute atomic E-state index is 0.0351. The van der Waals surface area contributed by atoms with Gasteiger partial charge in [-0.3, -0.25) is 9.59 Å². The van der Waals surface area contributed by atoms with Gasteiger partial charge in [0.1, 0.15) is 11.9 Å². The minimum atomic E-state index is -1.12. The van der Waals surface area contributed by atoms with Crippen LogP contribution in [-0.4, -0.2) is 56.6 Å². The van der Waals surface area contributed by atoms with Crippen molar-refractivity contribution in [1.82, 2.24) is 19.9 Å². The van der Waals surface area contributed by atoms with Gasteiger partial charge in [0.05, 0.1) is 25.3 Å². The van der Waals surface area contributed by atoms with Gasteiger partial charge in [-0.25, -0.2) is 9.07 Å². The van der Waals surface area contributed by atoms with Crippen LogP contribution in [0.2, 0.25) is 0 Å². The lowest BCUT2D eigenvalue weighted by Gasteiger charge is -2.30. The zero-order chi connectivity index (χ0) is 20.1. The lowest BCUT2D eigenvalue weighted by Crippen LogP contribution is -2.43. The second-order valence-electron chi connectivity index (χ2n) is 6.71. The van der Waals surface area contributed by atoms with Gasteiger partial charge in [0.15, 0.2) is 5.69 Å². The number of carbonyl (C=O) groups excluding carboxylic acids is 2. The normalized spacial score (nSPS) is 18.0. The van der Waals surface area contributed by atoms with Gasteiger partial charge in [-0.15, -0.1) is 5.10 Å². The van der Waals surface area contributed by atoms with Crippen molar-refractivity contribution < 1.29 is 23.8 Å². The number of aliphatic hydroxyl groups is 1. The average Bonchev–Trinajstić information content (AvgIpc) is 3.16. The number of hydrogen-bond acceptors (Lipinski definition) is 6. The van der Waals surface area contributed by atoms with E-state index in [0.717, 1.165) is 0 Å². The summed E-state index contributed by atoms with van der Waals surface area (Å²) < 4.78 is 20.1. The van der Waals surface area contributed by atoms with Gasteiger partial charge in [0.2, 0.25) is 0 Å². The standard InChI is InChI=1S/C19H23FN4O4/c1-2-28-19(27)13-6-5-9-23(10-13)18(26)16-11-24(22-21-16)12-17(25)14-7-3-4-8-15(14)20/h3-4,7-8,11,13,17,25H,2,5-6,9-10,12H2,1H3. The molecule has 0 bridgehead atoms. The maximum atomic E-state index is 13.8. The predicted octanol–water partition coefficient (Wildman–Crippen LogP) is 1.57. The Balaban J connectivity index is 1.64. The van der Waals surface area contributed by atoms with E-state index in [-0.39, 0.29) is 42.1 Å². The number of hydrogen-bond donors (Lipinski definition) is 1. The molecule has 2 aromatic rings. The van der Waals surface area contributed by atoms with Crippen molar-refractivity contribution >= 4 is 11.9 Å². The molecule has 0 spiro atoms. The number of ether oxygens (including phenoxy) is 1. The number of piperidine rings is 1. The SMILES string of the molecule is CCOC(=O)C1CCCN(C(=O)c2cn(CC(O)c3ccccc3F)nn2)C1. The van der Waals surface area contributed by atoms with Crippen molar-refractivity contribution in [3.05, 3.63) is 47.5 Å². The highest BCUT2D eigenvalue weighted by Crippen LogP contribution is 2.20. The molecule has 150 valence electrons. The Kier molecular flexibility index (Phi) is 6.35. The highest BCUT2D eigenvalue weighted by Gasteiger charge is 2.31. The summed E-state index contributed by atoms with van der Waals surface area (Å²) in [6, 6.07) is 5.94. The van der Waals surface area contributed by atoms with Crippen molar-refractivity contribution in [2.75, 3.05) is 19.7 Å². The Morgan fingerprint density at radius 3 is 2.93 bits per heavy atom. The van der Waals surface area contributed by atoms with Gasteiger partial charge in [0.25, 0.3) is 5.91 Å². The van der Waals surface area contributed by atoms with E-state index in [1.54, 1.807) is 24.0 Å². The Labute approximate surface area is 161 Å². The Hall–Kier alpha value is -2.81. The molecule has 1 fully saturated rings. The van der Waals surface area contributed by atoms with Crippen molar-refractivity contribution in [3.63, 3.8) is 0 Å². The number of esters is 1. The first-order valence-corrected chi connectivity index (χ1v) is 9.28. The van der Waals surface area contributed by atoms with E-state index in [2.05, 4.69) is 10.3 Å². The smallest absolute Gasteiger partial charge is 0.310 e. The number of halogens is 1. The van der Waals surface area contributed by atoms with Gasteiger partial charge in [-0.1, -0.05) is 23.4 Å². The van der Waals surface area contributed by atoms with Crippen molar-refractivity contribution in [1.29, 1.82) is 0 Å². The fourth-order valence-corrected chi connectivity index (χ4v) is 3.28. The van der Waals surface area contributed by atoms with Gasteiger partial charge in [0, 0.05) is 18.7 Å². The summed E-state index contributed by atoms with van der Waals surface area (Å²) >= 11 is 0. The topological polar surface area (TPSA) is 97.5 Å². The molecule has 1 aliphatic heterocycles. The molecule has 2 unspecified atom stereocenters. The molecular formula is C19H23FN4O4. The number of aromatic nitrogens is 3. The first kappa shape index (κ1) is 19.9. The van der Waals surface area contributed by atoms with Crippen LogP contribution in [0.5, 0.6) is 0 Å². The lowest BCUT2D eigenvalue weighted by atomic mass is 9.98. The number of likely N-dealkylation sites (tertiary alicyclic amines) is 1. The third-order valence-electron chi connectivity index (χ3n) is 4.71. The van der Waals surface area contributed by atoms with Crippen LogP contribution >= 0.6 is 0 Å². The Bertz CT molecular complexity index is 841. The highest BCUT2D eigenvalue weighted by atomic mass is 19.1. The quantitative estimate of drug-likeness (QED) is 0.752. The number of carbonyl (C=O) groups is 2. The molecule has 1 aromatic heterocycles. The third-order valence-corrected chi connectivity index (χ3v) is 4.71. The summed E-state index contributed by atoms with van der Waals surface area (Å²) in [5.74, 6) is -1.47. The van der Waals surface area contributed by atoms with E-state index in [9.17, 15) is 19.1 Å². The third kappa shape index (κ3) is 4.53. The van der Waals surface area contributed by atoms with Crippen molar-refractivity contribution in [2.45, 2.75) is 32.4 Å². The lowest BCUT2D eigenvalue weighted by molar-refractivity contribution is -0.149. The maximum absolute atomic E-state index is 13.8. The van der Waals surface area contributed by atoms with Crippen LogP contribution < -0.4 is 0 Å². The van der Waals surface area contributed by atoms with E-state index in [0.29, 0.717) is 26.0 Å². The van der Waals surface area contributed by atoms with Crippen LogP contribution in [0.15, 0.2) is 30.5 Å². The second-order valence-corrected chi connectivity index (χ2v) is 6.71. The van der Waals surface area contributed by atoms with Gasteiger partial charge in [-0.2, -0.15) is 0 Å². The van der Waals surface area contributed by atoms with Crippen molar-refractivity contribution in [3.8, 4) is 0 Å². The summed E-state index contributed by atoms with van der Waals surface area (Å²) in [5, 5.41) is 17.9.